The summed E-state index contributed by atoms with van der Waals surface area (Å²) >= 11 is 0. The summed E-state index contributed by atoms with van der Waals surface area (Å²) in [7, 11) is 0. The maximum atomic E-state index is 13.4. The minimum absolute atomic E-state index is 0.00642. The molecule has 232 valence electrons. The van der Waals surface area contributed by atoms with Crippen molar-refractivity contribution in [1.82, 2.24) is 14.9 Å². The maximum absolute atomic E-state index is 13.4. The number of carbonyl (C=O) groups is 4. The van der Waals surface area contributed by atoms with E-state index in [1.54, 1.807) is 34.6 Å². The number of anilines is 2. The van der Waals surface area contributed by atoms with E-state index >= 15 is 0 Å². The van der Waals surface area contributed by atoms with Gasteiger partial charge in [0.2, 0.25) is 11.9 Å². The second-order valence-corrected chi connectivity index (χ2v) is 12.0. The molecule has 0 bridgehead atoms. The highest BCUT2D eigenvalue weighted by Crippen LogP contribution is 2.30. The van der Waals surface area contributed by atoms with Gasteiger partial charge >= 0.3 is 11.9 Å². The van der Waals surface area contributed by atoms with Crippen LogP contribution in [0.2, 0.25) is 0 Å². The van der Waals surface area contributed by atoms with E-state index in [9.17, 15) is 24.0 Å². The molecule has 0 aliphatic carbocycles. The quantitative estimate of drug-likeness (QED) is 0.332. The van der Waals surface area contributed by atoms with Crippen molar-refractivity contribution in [3.05, 3.63) is 50.8 Å². The Morgan fingerprint density at radius 1 is 1.14 bits per heavy atom. The van der Waals surface area contributed by atoms with Crippen molar-refractivity contribution in [3.63, 3.8) is 0 Å². The first-order valence-electron chi connectivity index (χ1n) is 14.8. The van der Waals surface area contributed by atoms with Crippen LogP contribution in [0.5, 0.6) is 0 Å². The number of hydrogen-bond acceptors (Lipinski definition) is 9. The van der Waals surface area contributed by atoms with Gasteiger partial charge in [0.25, 0.3) is 11.5 Å². The van der Waals surface area contributed by atoms with Gasteiger partial charge in [-0.1, -0.05) is 32.9 Å². The normalized spacial score (nSPS) is 16.5. The fourth-order valence-electron chi connectivity index (χ4n) is 5.27. The van der Waals surface area contributed by atoms with Crippen LogP contribution in [-0.4, -0.2) is 64.4 Å². The van der Waals surface area contributed by atoms with Gasteiger partial charge in [-0.2, -0.15) is 4.98 Å². The largest absolute Gasteiger partial charge is 0.466 e. The highest BCUT2D eigenvalue weighted by Gasteiger charge is 2.37. The molecule has 12 heteroatoms. The van der Waals surface area contributed by atoms with E-state index in [2.05, 4.69) is 20.6 Å². The molecule has 2 aliphatic rings. The first-order chi connectivity index (χ1) is 20.4. The van der Waals surface area contributed by atoms with E-state index in [1.807, 2.05) is 18.2 Å². The van der Waals surface area contributed by atoms with Crippen molar-refractivity contribution in [2.75, 3.05) is 30.4 Å². The Morgan fingerprint density at radius 3 is 2.58 bits per heavy atom. The average Bonchev–Trinajstić information content (AvgIpc) is 3.27. The number of aromatic amines is 1. The van der Waals surface area contributed by atoms with Crippen LogP contribution in [0, 0.1) is 11.3 Å². The smallest absolute Gasteiger partial charge is 0.328 e. The summed E-state index contributed by atoms with van der Waals surface area (Å²) in [5.41, 5.74) is 1.98. The number of amides is 2. The molecule has 0 fully saturated rings. The molecule has 12 nitrogen and oxygen atoms in total. The highest BCUT2D eigenvalue weighted by atomic mass is 16.5. The molecule has 2 aliphatic heterocycles. The maximum Gasteiger partial charge on any atom is 0.328 e. The molecule has 0 spiro atoms. The highest BCUT2D eigenvalue weighted by molar-refractivity contribution is 6.00. The lowest BCUT2D eigenvalue weighted by atomic mass is 9.90. The minimum atomic E-state index is -0.880. The number of benzene rings is 1. The second kappa shape index (κ2) is 13.4. The summed E-state index contributed by atoms with van der Waals surface area (Å²) in [6.07, 6.45) is 2.14. The van der Waals surface area contributed by atoms with Crippen molar-refractivity contribution in [3.8, 4) is 0 Å². The Bertz CT molecular complexity index is 1440. The van der Waals surface area contributed by atoms with Crippen LogP contribution < -0.4 is 16.2 Å². The van der Waals surface area contributed by atoms with Crippen LogP contribution in [0.4, 0.5) is 11.8 Å². The third kappa shape index (κ3) is 7.60. The van der Waals surface area contributed by atoms with Crippen molar-refractivity contribution in [1.29, 1.82) is 0 Å². The molecule has 1 unspecified atom stereocenters. The molecule has 4 rings (SSSR count). The van der Waals surface area contributed by atoms with Crippen molar-refractivity contribution in [2.45, 2.75) is 79.3 Å². The molecule has 43 heavy (non-hydrogen) atoms. The fraction of sp³-hybridized carbons (Fsp3) is 0.548. The molecule has 1 aromatic heterocycles. The number of H-pyrrole nitrogens is 1. The zero-order valence-corrected chi connectivity index (χ0v) is 25.5. The van der Waals surface area contributed by atoms with Gasteiger partial charge in [-0.25, -0.2) is 4.79 Å². The Labute approximate surface area is 250 Å². The zero-order valence-electron chi connectivity index (χ0n) is 25.5. The van der Waals surface area contributed by atoms with Crippen LogP contribution in [0.1, 0.15) is 80.9 Å². The summed E-state index contributed by atoms with van der Waals surface area (Å²) in [5, 5.41) is 5.91. The minimum Gasteiger partial charge on any atom is -0.466 e. The third-order valence-corrected chi connectivity index (χ3v) is 7.69. The molecule has 3 heterocycles. The standard InChI is InChI=1S/C31H41N5O7/c1-6-42-24(37)13-12-23(28(40)43-7-2)36-17-20-11-10-18(14-21(20)27(36)39)8-9-19-15-22-25(32-16-19)33-30(34-26(22)38)35-29(41)31(3,4)5/h10-11,14,19,23H,6-9,12-13,15-17H2,1-5H3,(H3,32,33,34,35,38,41)/t19?,23-/m0/s1. The monoisotopic (exact) mass is 595 g/mol. The van der Waals surface area contributed by atoms with Crippen molar-refractivity contribution >= 4 is 35.5 Å². The molecule has 0 saturated carbocycles. The molecule has 3 N–H and O–H groups in total. The van der Waals surface area contributed by atoms with E-state index in [0.29, 0.717) is 36.3 Å². The number of hydrogen-bond donors (Lipinski definition) is 3. The fourth-order valence-corrected chi connectivity index (χ4v) is 5.27. The Balaban J connectivity index is 1.39. The summed E-state index contributed by atoms with van der Waals surface area (Å²) in [6.45, 7) is 10.1. The van der Waals surface area contributed by atoms with Gasteiger partial charge in [0.05, 0.1) is 18.8 Å². The first-order valence-corrected chi connectivity index (χ1v) is 14.8. The predicted molar refractivity (Wildman–Crippen MR) is 160 cm³/mol. The molecular formula is C31H41N5O7. The van der Waals surface area contributed by atoms with Crippen LogP contribution in [0.3, 0.4) is 0 Å². The van der Waals surface area contributed by atoms with Gasteiger partial charge in [0, 0.05) is 30.5 Å². The van der Waals surface area contributed by atoms with E-state index in [4.69, 9.17) is 9.47 Å². The van der Waals surface area contributed by atoms with E-state index in [-0.39, 0.29) is 61.8 Å². The van der Waals surface area contributed by atoms with Crippen LogP contribution in [0.15, 0.2) is 23.0 Å². The Hall–Kier alpha value is -4.22. The summed E-state index contributed by atoms with van der Waals surface area (Å²) in [6, 6.07) is 4.88. The SMILES string of the molecule is CCOC(=O)CC[C@@H](C(=O)OCC)N1Cc2ccc(CCC3CNc4nc(NC(=O)C(C)(C)C)[nH]c(=O)c4C3)cc2C1=O. The van der Waals surface area contributed by atoms with Crippen molar-refractivity contribution < 1.29 is 28.7 Å². The lowest BCUT2D eigenvalue weighted by Crippen LogP contribution is -2.42. The Morgan fingerprint density at radius 2 is 1.88 bits per heavy atom. The van der Waals surface area contributed by atoms with E-state index < -0.39 is 23.4 Å². The molecule has 2 atom stereocenters. The lowest BCUT2D eigenvalue weighted by Gasteiger charge is -2.25. The van der Waals surface area contributed by atoms with Gasteiger partial charge in [0.1, 0.15) is 11.9 Å². The molecule has 1 aromatic carbocycles. The number of nitrogens with zero attached hydrogens (tertiary/aromatic N) is 2. The third-order valence-electron chi connectivity index (χ3n) is 7.69. The van der Waals surface area contributed by atoms with Gasteiger partial charge in [-0.3, -0.25) is 29.5 Å². The van der Waals surface area contributed by atoms with Gasteiger partial charge in [-0.15, -0.1) is 0 Å². The summed E-state index contributed by atoms with van der Waals surface area (Å²) < 4.78 is 10.2. The topological polar surface area (TPSA) is 160 Å². The number of aryl methyl sites for hydroxylation is 1. The zero-order chi connectivity index (χ0) is 31.3. The molecule has 2 amide bonds. The van der Waals surface area contributed by atoms with Crippen LogP contribution in [-0.2, 0) is 43.2 Å². The van der Waals surface area contributed by atoms with E-state index in [1.165, 1.54) is 4.90 Å². The molecule has 0 saturated heterocycles. The first kappa shape index (κ1) is 31.7. The van der Waals surface area contributed by atoms with Crippen LogP contribution in [0.25, 0.3) is 0 Å². The molecular weight excluding hydrogens is 554 g/mol. The number of nitrogens with one attached hydrogen (secondary N) is 3. The van der Waals surface area contributed by atoms with Crippen LogP contribution >= 0.6 is 0 Å². The number of ether oxygens (including phenoxy) is 2. The van der Waals surface area contributed by atoms with E-state index in [0.717, 1.165) is 17.5 Å². The lowest BCUT2D eigenvalue weighted by molar-refractivity contribution is -0.150. The average molecular weight is 596 g/mol. The summed E-state index contributed by atoms with van der Waals surface area (Å²) in [4.78, 5) is 71.8. The predicted octanol–water partition coefficient (Wildman–Crippen LogP) is 3.20. The number of carbonyl (C=O) groups excluding carboxylic acids is 4. The summed E-state index contributed by atoms with van der Waals surface area (Å²) in [5.74, 6) is -0.696. The molecule has 2 aromatic rings. The van der Waals surface area contributed by atoms with Crippen molar-refractivity contribution in [2.24, 2.45) is 11.3 Å². The van der Waals surface area contributed by atoms with Gasteiger partial charge in [-0.05, 0) is 62.6 Å². The number of aromatic nitrogens is 2. The second-order valence-electron chi connectivity index (χ2n) is 12.0. The Kier molecular flexibility index (Phi) is 9.87. The molecule has 0 radical (unpaired) electrons. The number of rotatable bonds is 11. The van der Waals surface area contributed by atoms with Gasteiger partial charge in [0.15, 0.2) is 0 Å². The number of fused-ring (bicyclic) bond motifs is 2. The van der Waals surface area contributed by atoms with Gasteiger partial charge < -0.3 is 19.7 Å². The number of esters is 2.